The fourth-order valence-corrected chi connectivity index (χ4v) is 3.09. The Hall–Kier alpha value is -1.18. The number of nitrogens with zero attached hydrogens (tertiary/aromatic N) is 1. The van der Waals surface area contributed by atoms with Gasteiger partial charge in [0.1, 0.15) is 11.6 Å². The zero-order valence-electron chi connectivity index (χ0n) is 12.5. The summed E-state index contributed by atoms with van der Waals surface area (Å²) in [6.45, 7) is 6.39. The predicted molar refractivity (Wildman–Crippen MR) is 89.1 cm³/mol. The smallest absolute Gasteiger partial charge is 0.205 e. The van der Waals surface area contributed by atoms with Crippen LogP contribution in [0.1, 0.15) is 36.7 Å². The molecule has 0 aliphatic heterocycles. The zero-order chi connectivity index (χ0) is 15.3. The molecule has 0 unspecified atom stereocenters. The molecule has 1 aromatic carbocycles. The number of nitriles is 1. The molecule has 1 aromatic rings. The molecule has 0 aromatic heterocycles. The Morgan fingerprint density at radius 1 is 1.10 bits per heavy atom. The summed E-state index contributed by atoms with van der Waals surface area (Å²) in [5, 5.41) is 9.22. The molecular formula is C16H19NOS2. The quantitative estimate of drug-likeness (QED) is 0.462. The Labute approximate surface area is 129 Å². The highest BCUT2D eigenvalue weighted by Gasteiger charge is 2.18. The number of thioether (sulfide) groups is 2. The molecule has 2 nitrogen and oxygen atoms in total. The van der Waals surface area contributed by atoms with Crippen LogP contribution >= 0.6 is 23.5 Å². The summed E-state index contributed by atoms with van der Waals surface area (Å²) in [5.41, 5.74) is 2.02. The van der Waals surface area contributed by atoms with Gasteiger partial charge in [-0.1, -0.05) is 45.0 Å². The monoisotopic (exact) mass is 305 g/mol. The van der Waals surface area contributed by atoms with Crippen LogP contribution in [0.3, 0.4) is 0 Å². The van der Waals surface area contributed by atoms with E-state index in [9.17, 15) is 10.1 Å². The van der Waals surface area contributed by atoms with Gasteiger partial charge in [0, 0.05) is 5.56 Å². The summed E-state index contributed by atoms with van der Waals surface area (Å²) in [6, 6.07) is 9.56. The van der Waals surface area contributed by atoms with Crippen molar-refractivity contribution in [1.29, 1.82) is 5.26 Å². The van der Waals surface area contributed by atoms with Crippen molar-refractivity contribution in [3.05, 3.63) is 45.2 Å². The Balaban J connectivity index is 3.16. The lowest BCUT2D eigenvalue weighted by molar-refractivity contribution is 0.103. The molecule has 0 aliphatic carbocycles. The molecule has 0 N–H and O–H groups in total. The minimum absolute atomic E-state index is 0.0547. The van der Waals surface area contributed by atoms with Crippen molar-refractivity contribution in [2.75, 3.05) is 12.5 Å². The predicted octanol–water partition coefficient (Wildman–Crippen LogP) is 4.63. The largest absolute Gasteiger partial charge is 0.288 e. The number of ketones is 1. The van der Waals surface area contributed by atoms with Gasteiger partial charge in [-0.05, 0) is 23.5 Å². The summed E-state index contributed by atoms with van der Waals surface area (Å²) >= 11 is 2.86. The van der Waals surface area contributed by atoms with E-state index in [4.69, 9.17) is 0 Å². The average molecular weight is 305 g/mol. The molecule has 0 atom stereocenters. The number of carbonyl (C=O) groups excluding carboxylic acids is 1. The SMILES string of the molecule is CSC(SC)=C(C#N)C(=O)c1ccc(C(C)(C)C)cc1. The maximum Gasteiger partial charge on any atom is 0.205 e. The third-order valence-electron chi connectivity index (χ3n) is 2.93. The first-order chi connectivity index (χ1) is 9.35. The first-order valence-corrected chi connectivity index (χ1v) is 8.67. The van der Waals surface area contributed by atoms with Gasteiger partial charge in [0.05, 0.1) is 4.24 Å². The minimum atomic E-state index is -0.202. The highest BCUT2D eigenvalue weighted by molar-refractivity contribution is 8.21. The number of hydrogen-bond donors (Lipinski definition) is 0. The van der Waals surface area contributed by atoms with Crippen molar-refractivity contribution >= 4 is 29.3 Å². The minimum Gasteiger partial charge on any atom is -0.288 e. The molecule has 0 aliphatic rings. The van der Waals surface area contributed by atoms with E-state index in [0.29, 0.717) is 5.56 Å². The molecule has 0 bridgehead atoms. The van der Waals surface area contributed by atoms with Gasteiger partial charge in [-0.2, -0.15) is 5.26 Å². The van der Waals surface area contributed by atoms with Crippen molar-refractivity contribution in [2.24, 2.45) is 0 Å². The highest BCUT2D eigenvalue weighted by atomic mass is 32.2. The van der Waals surface area contributed by atoms with Gasteiger partial charge in [0.2, 0.25) is 5.78 Å². The molecule has 0 saturated heterocycles. The van der Waals surface area contributed by atoms with Crippen molar-refractivity contribution in [2.45, 2.75) is 26.2 Å². The molecule has 4 heteroatoms. The summed E-state index contributed by atoms with van der Waals surface area (Å²) in [4.78, 5) is 12.4. The normalized spacial score (nSPS) is 10.8. The van der Waals surface area contributed by atoms with E-state index in [1.165, 1.54) is 29.1 Å². The van der Waals surface area contributed by atoms with Crippen LogP contribution in [0.4, 0.5) is 0 Å². The van der Waals surface area contributed by atoms with Crippen LogP contribution in [0.25, 0.3) is 0 Å². The van der Waals surface area contributed by atoms with Gasteiger partial charge in [-0.15, -0.1) is 23.5 Å². The van der Waals surface area contributed by atoms with Crippen LogP contribution in [-0.2, 0) is 5.41 Å². The lowest BCUT2D eigenvalue weighted by Gasteiger charge is -2.19. The van der Waals surface area contributed by atoms with Crippen molar-refractivity contribution in [1.82, 2.24) is 0 Å². The van der Waals surface area contributed by atoms with Crippen molar-refractivity contribution in [3.63, 3.8) is 0 Å². The fourth-order valence-electron chi connectivity index (χ4n) is 1.74. The number of carbonyl (C=O) groups is 1. The van der Waals surface area contributed by atoms with Gasteiger partial charge in [-0.3, -0.25) is 4.79 Å². The van der Waals surface area contributed by atoms with E-state index in [0.717, 1.165) is 4.24 Å². The van der Waals surface area contributed by atoms with Gasteiger partial charge in [0.15, 0.2) is 0 Å². The fraction of sp³-hybridized carbons (Fsp3) is 0.375. The summed E-state index contributed by atoms with van der Waals surface area (Å²) < 4.78 is 0.761. The van der Waals surface area contributed by atoms with Gasteiger partial charge in [-0.25, -0.2) is 0 Å². The average Bonchev–Trinajstić information content (AvgIpc) is 2.43. The summed E-state index contributed by atoms with van der Waals surface area (Å²) in [6.07, 6.45) is 3.75. The number of Topliss-reactive ketones (excluding diaryl/α,β-unsaturated/α-hetero) is 1. The van der Waals surface area contributed by atoms with Crippen LogP contribution in [0, 0.1) is 11.3 Å². The van der Waals surface area contributed by atoms with Gasteiger partial charge >= 0.3 is 0 Å². The Bertz CT molecular complexity index is 554. The number of rotatable bonds is 4. The summed E-state index contributed by atoms with van der Waals surface area (Å²) in [5.74, 6) is -0.202. The second-order valence-electron chi connectivity index (χ2n) is 5.34. The Kier molecular flexibility index (Phi) is 5.91. The third kappa shape index (κ3) is 3.91. The van der Waals surface area contributed by atoms with E-state index in [1.807, 2.05) is 30.7 Å². The van der Waals surface area contributed by atoms with Gasteiger partial charge in [0.25, 0.3) is 0 Å². The molecule has 0 radical (unpaired) electrons. The molecule has 0 amide bonds. The lowest BCUT2D eigenvalue weighted by Crippen LogP contribution is -2.11. The van der Waals surface area contributed by atoms with Crippen LogP contribution in [-0.4, -0.2) is 18.3 Å². The van der Waals surface area contributed by atoms with E-state index >= 15 is 0 Å². The van der Waals surface area contributed by atoms with Crippen LogP contribution in [0.15, 0.2) is 34.1 Å². The molecular weight excluding hydrogens is 286 g/mol. The van der Waals surface area contributed by atoms with E-state index in [2.05, 4.69) is 20.8 Å². The van der Waals surface area contributed by atoms with E-state index < -0.39 is 0 Å². The zero-order valence-corrected chi connectivity index (χ0v) is 14.1. The van der Waals surface area contributed by atoms with E-state index in [-0.39, 0.29) is 16.8 Å². The first kappa shape index (κ1) is 16.9. The van der Waals surface area contributed by atoms with Crippen molar-refractivity contribution in [3.8, 4) is 6.07 Å². The van der Waals surface area contributed by atoms with Crippen LogP contribution in [0.2, 0.25) is 0 Å². The lowest BCUT2D eigenvalue weighted by atomic mass is 9.86. The maximum atomic E-state index is 12.4. The topological polar surface area (TPSA) is 40.9 Å². The standard InChI is InChI=1S/C16H19NOS2/c1-16(2,3)12-8-6-11(7-9-12)14(18)13(10-17)15(19-4)20-5/h6-9H,1-5H3. The molecule has 20 heavy (non-hydrogen) atoms. The number of benzene rings is 1. The number of hydrogen-bond acceptors (Lipinski definition) is 4. The molecule has 0 fully saturated rings. The maximum absolute atomic E-state index is 12.4. The highest BCUT2D eigenvalue weighted by Crippen LogP contribution is 2.29. The number of allylic oxidation sites excluding steroid dienone is 1. The Morgan fingerprint density at radius 2 is 1.60 bits per heavy atom. The van der Waals surface area contributed by atoms with Crippen molar-refractivity contribution < 1.29 is 4.79 Å². The van der Waals surface area contributed by atoms with Gasteiger partial charge < -0.3 is 0 Å². The molecule has 106 valence electrons. The molecule has 0 heterocycles. The summed E-state index contributed by atoms with van der Waals surface area (Å²) in [7, 11) is 0. The molecule has 0 spiro atoms. The third-order valence-corrected chi connectivity index (χ3v) is 5.08. The van der Waals surface area contributed by atoms with Crippen LogP contribution in [0.5, 0.6) is 0 Å². The molecule has 0 saturated carbocycles. The Morgan fingerprint density at radius 3 is 1.95 bits per heavy atom. The second kappa shape index (κ2) is 7.01. The van der Waals surface area contributed by atoms with Crippen LogP contribution < -0.4 is 0 Å². The molecule has 1 rings (SSSR count). The first-order valence-electron chi connectivity index (χ1n) is 6.22. The second-order valence-corrected chi connectivity index (χ2v) is 7.23. The van der Waals surface area contributed by atoms with E-state index in [1.54, 1.807) is 12.1 Å².